The van der Waals surface area contributed by atoms with Crippen LogP contribution in [-0.4, -0.2) is 17.8 Å². The lowest BCUT2D eigenvalue weighted by Crippen LogP contribution is -2.40. The van der Waals surface area contributed by atoms with Gasteiger partial charge < -0.3 is 10.9 Å². The monoisotopic (exact) mass is 144 g/mol. The Balaban J connectivity index is 2.34. The Labute approximate surface area is 61.6 Å². The summed E-state index contributed by atoms with van der Waals surface area (Å²) >= 11 is 0. The Hall–Kier alpha value is -0.120. The van der Waals surface area contributed by atoms with Gasteiger partial charge in [0.1, 0.15) is 0 Å². The van der Waals surface area contributed by atoms with Crippen LogP contribution in [0.5, 0.6) is 0 Å². The van der Waals surface area contributed by atoms with Crippen LogP contribution in [-0.2, 0) is 0 Å². The molecule has 0 aromatic carbocycles. The third-order valence-corrected chi connectivity index (χ3v) is 2.38. The fourth-order valence-corrected chi connectivity index (χ4v) is 1.66. The Morgan fingerprint density at radius 1 is 1.40 bits per heavy atom. The zero-order chi connectivity index (χ0) is 7.40. The van der Waals surface area contributed by atoms with Gasteiger partial charge in [0.15, 0.2) is 0 Å². The third kappa shape index (κ3) is 1.68. The molecule has 0 radical (unpaired) electrons. The van der Waals surface area contributed by atoms with E-state index in [0.717, 1.165) is 12.8 Å². The minimum absolute atomic E-state index is 0.249. The number of nitrogens with two attached hydrogens (primary N) is 1. The standard InChI is InChI=1S/C7H16N2O/c8-5-6-3-1-2-4-7(6)9-10/h6-7,9-10H,1-5,8H2. The normalized spacial score (nSPS) is 34.2. The Bertz CT molecular complexity index is 85.6. The van der Waals surface area contributed by atoms with E-state index >= 15 is 0 Å². The molecule has 1 aliphatic carbocycles. The summed E-state index contributed by atoms with van der Waals surface area (Å²) in [5.74, 6) is 0.485. The van der Waals surface area contributed by atoms with Gasteiger partial charge in [0.2, 0.25) is 0 Å². The molecule has 0 amide bonds. The molecule has 10 heavy (non-hydrogen) atoms. The molecule has 0 heterocycles. The van der Waals surface area contributed by atoms with Crippen LogP contribution in [0.4, 0.5) is 0 Å². The molecule has 4 N–H and O–H groups in total. The van der Waals surface area contributed by atoms with E-state index in [0.29, 0.717) is 12.5 Å². The van der Waals surface area contributed by atoms with E-state index in [1.165, 1.54) is 12.8 Å². The summed E-state index contributed by atoms with van der Waals surface area (Å²) in [5.41, 5.74) is 7.84. The second kappa shape index (κ2) is 3.91. The van der Waals surface area contributed by atoms with Gasteiger partial charge in [0.25, 0.3) is 0 Å². The molecular formula is C7H16N2O. The van der Waals surface area contributed by atoms with E-state index < -0.39 is 0 Å². The zero-order valence-corrected chi connectivity index (χ0v) is 6.21. The van der Waals surface area contributed by atoms with Crippen molar-refractivity contribution >= 4 is 0 Å². The van der Waals surface area contributed by atoms with Gasteiger partial charge >= 0.3 is 0 Å². The molecule has 1 fully saturated rings. The van der Waals surface area contributed by atoms with E-state index in [9.17, 15) is 0 Å². The van der Waals surface area contributed by atoms with Gasteiger partial charge in [-0.15, -0.1) is 0 Å². The molecule has 2 unspecified atom stereocenters. The quantitative estimate of drug-likeness (QED) is 0.494. The second-order valence-electron chi connectivity index (χ2n) is 3.02. The van der Waals surface area contributed by atoms with Crippen molar-refractivity contribution in [2.24, 2.45) is 11.7 Å². The fourth-order valence-electron chi connectivity index (χ4n) is 1.66. The molecule has 60 valence electrons. The number of hydroxylamine groups is 1. The highest BCUT2D eigenvalue weighted by molar-refractivity contribution is 4.78. The first-order valence-electron chi connectivity index (χ1n) is 3.98. The van der Waals surface area contributed by atoms with Crippen LogP contribution in [0.3, 0.4) is 0 Å². The molecule has 1 rings (SSSR count). The molecule has 0 saturated heterocycles. The number of hydrogen-bond donors (Lipinski definition) is 3. The van der Waals surface area contributed by atoms with Gasteiger partial charge in [-0.05, 0) is 25.3 Å². The zero-order valence-electron chi connectivity index (χ0n) is 6.21. The average molecular weight is 144 g/mol. The maximum Gasteiger partial charge on any atom is 0.0359 e. The highest BCUT2D eigenvalue weighted by Gasteiger charge is 2.22. The van der Waals surface area contributed by atoms with Crippen molar-refractivity contribution in [3.63, 3.8) is 0 Å². The smallest absolute Gasteiger partial charge is 0.0359 e. The van der Waals surface area contributed by atoms with Crippen LogP contribution in [0.2, 0.25) is 0 Å². The summed E-state index contributed by atoms with van der Waals surface area (Å²) in [6.45, 7) is 0.693. The summed E-state index contributed by atoms with van der Waals surface area (Å²) in [6, 6.07) is 0.249. The van der Waals surface area contributed by atoms with Crippen LogP contribution in [0.15, 0.2) is 0 Å². The van der Waals surface area contributed by atoms with Crippen LogP contribution in [0.1, 0.15) is 25.7 Å². The predicted octanol–water partition coefficient (Wildman–Crippen LogP) is 0.483. The second-order valence-corrected chi connectivity index (χ2v) is 3.02. The largest absolute Gasteiger partial charge is 0.330 e. The van der Waals surface area contributed by atoms with Crippen molar-refractivity contribution in [1.29, 1.82) is 0 Å². The van der Waals surface area contributed by atoms with E-state index in [4.69, 9.17) is 10.9 Å². The van der Waals surface area contributed by atoms with Gasteiger partial charge in [-0.2, -0.15) is 0 Å². The van der Waals surface area contributed by atoms with Crippen molar-refractivity contribution in [1.82, 2.24) is 5.48 Å². The lowest BCUT2D eigenvalue weighted by Gasteiger charge is -2.28. The predicted molar refractivity (Wildman–Crippen MR) is 39.7 cm³/mol. The maximum absolute atomic E-state index is 8.69. The van der Waals surface area contributed by atoms with Crippen molar-refractivity contribution in [3.05, 3.63) is 0 Å². The van der Waals surface area contributed by atoms with E-state index in [1.807, 2.05) is 0 Å². The van der Waals surface area contributed by atoms with Crippen molar-refractivity contribution in [2.45, 2.75) is 31.7 Å². The molecule has 3 heteroatoms. The van der Waals surface area contributed by atoms with Gasteiger partial charge in [-0.1, -0.05) is 12.8 Å². The molecule has 0 aromatic rings. The number of hydrogen-bond acceptors (Lipinski definition) is 3. The summed E-state index contributed by atoms with van der Waals surface area (Å²) < 4.78 is 0. The molecule has 0 spiro atoms. The van der Waals surface area contributed by atoms with Crippen molar-refractivity contribution < 1.29 is 5.21 Å². The molecular weight excluding hydrogens is 128 g/mol. The van der Waals surface area contributed by atoms with E-state index in [1.54, 1.807) is 0 Å². The minimum Gasteiger partial charge on any atom is -0.330 e. The van der Waals surface area contributed by atoms with Gasteiger partial charge in [-0.25, -0.2) is 5.48 Å². The van der Waals surface area contributed by atoms with Crippen molar-refractivity contribution in [3.8, 4) is 0 Å². The fraction of sp³-hybridized carbons (Fsp3) is 1.00. The van der Waals surface area contributed by atoms with Crippen LogP contribution < -0.4 is 11.2 Å². The highest BCUT2D eigenvalue weighted by Crippen LogP contribution is 2.22. The summed E-state index contributed by atoms with van der Waals surface area (Å²) in [6.07, 6.45) is 4.71. The minimum atomic E-state index is 0.249. The first-order valence-corrected chi connectivity index (χ1v) is 3.98. The topological polar surface area (TPSA) is 58.3 Å². The van der Waals surface area contributed by atoms with E-state index in [-0.39, 0.29) is 6.04 Å². The summed E-state index contributed by atoms with van der Waals surface area (Å²) in [4.78, 5) is 0. The van der Waals surface area contributed by atoms with Crippen LogP contribution >= 0.6 is 0 Å². The van der Waals surface area contributed by atoms with Gasteiger partial charge in [0.05, 0.1) is 0 Å². The number of nitrogens with one attached hydrogen (secondary N) is 1. The first-order chi connectivity index (χ1) is 4.88. The van der Waals surface area contributed by atoms with E-state index in [2.05, 4.69) is 5.48 Å². The lowest BCUT2D eigenvalue weighted by atomic mass is 9.85. The molecule has 1 aliphatic rings. The summed E-state index contributed by atoms with van der Waals surface area (Å²) in [7, 11) is 0. The first kappa shape index (κ1) is 7.98. The molecule has 2 atom stereocenters. The van der Waals surface area contributed by atoms with Crippen LogP contribution in [0, 0.1) is 5.92 Å². The molecule has 1 saturated carbocycles. The Morgan fingerprint density at radius 2 is 2.10 bits per heavy atom. The molecule has 3 nitrogen and oxygen atoms in total. The molecule has 0 bridgehead atoms. The average Bonchev–Trinajstić information content (AvgIpc) is 2.04. The van der Waals surface area contributed by atoms with Crippen LogP contribution in [0.25, 0.3) is 0 Å². The van der Waals surface area contributed by atoms with Gasteiger partial charge in [0, 0.05) is 6.04 Å². The number of rotatable bonds is 2. The third-order valence-electron chi connectivity index (χ3n) is 2.38. The lowest BCUT2D eigenvalue weighted by molar-refractivity contribution is 0.0780. The summed E-state index contributed by atoms with van der Waals surface area (Å²) in [5, 5.41) is 8.69. The SMILES string of the molecule is NCC1CCCCC1NO. The van der Waals surface area contributed by atoms with Gasteiger partial charge in [-0.3, -0.25) is 0 Å². The maximum atomic E-state index is 8.69. The Morgan fingerprint density at radius 3 is 2.60 bits per heavy atom. The molecule has 0 aromatic heterocycles. The highest BCUT2D eigenvalue weighted by atomic mass is 16.5. The molecule has 0 aliphatic heterocycles. The Kier molecular flexibility index (Phi) is 3.12. The van der Waals surface area contributed by atoms with Crippen molar-refractivity contribution in [2.75, 3.05) is 6.54 Å².